The Balaban J connectivity index is 2.41. The van der Waals surface area contributed by atoms with Gasteiger partial charge in [-0.3, -0.25) is 0 Å². The molecule has 0 bridgehead atoms. The Bertz CT molecular complexity index is 196. The minimum absolute atomic E-state index is 0.460. The van der Waals surface area contributed by atoms with Gasteiger partial charge in [-0.1, -0.05) is 0 Å². The van der Waals surface area contributed by atoms with Crippen LogP contribution in [0.5, 0.6) is 0 Å². The lowest BCUT2D eigenvalue weighted by Crippen LogP contribution is -2.40. The predicted molar refractivity (Wildman–Crippen MR) is 74.9 cm³/mol. The largest absolute Gasteiger partial charge is 0.415 e. The summed E-state index contributed by atoms with van der Waals surface area (Å²) in [6.07, 6.45) is 5.77. The molecule has 0 unspecified atom stereocenters. The molecule has 2 atom stereocenters. The van der Waals surface area contributed by atoms with E-state index in [1.54, 1.807) is 0 Å². The number of rotatable bonds is 4. The molecule has 0 radical (unpaired) electrons. The van der Waals surface area contributed by atoms with Crippen LogP contribution < -0.4 is 0 Å². The highest BCUT2D eigenvalue weighted by atomic mass is 28.4. The molecule has 4 heteroatoms. The molecule has 1 rings (SSSR count). The molecular formula is C12H28O2Si2. The molecule has 1 aliphatic carbocycles. The van der Waals surface area contributed by atoms with Gasteiger partial charge in [0.2, 0.25) is 0 Å². The molecule has 16 heavy (non-hydrogen) atoms. The summed E-state index contributed by atoms with van der Waals surface area (Å²) in [7, 11) is -2.75. The topological polar surface area (TPSA) is 18.5 Å². The molecule has 1 fully saturated rings. The molecule has 0 aromatic carbocycles. The van der Waals surface area contributed by atoms with Crippen molar-refractivity contribution in [3.05, 3.63) is 0 Å². The predicted octanol–water partition coefficient (Wildman–Crippen LogP) is 4.00. The van der Waals surface area contributed by atoms with Crippen LogP contribution in [0, 0.1) is 0 Å². The first-order valence-electron chi connectivity index (χ1n) is 6.51. The van der Waals surface area contributed by atoms with E-state index in [-0.39, 0.29) is 0 Å². The molecule has 0 aromatic heterocycles. The van der Waals surface area contributed by atoms with Gasteiger partial charge in [-0.05, 0) is 65.0 Å². The van der Waals surface area contributed by atoms with Crippen molar-refractivity contribution in [1.82, 2.24) is 0 Å². The number of hydrogen-bond donors (Lipinski definition) is 0. The summed E-state index contributed by atoms with van der Waals surface area (Å²) in [6, 6.07) is 0. The first kappa shape index (κ1) is 14.4. The van der Waals surface area contributed by atoms with Crippen LogP contribution in [0.25, 0.3) is 0 Å². The van der Waals surface area contributed by atoms with Gasteiger partial charge in [0, 0.05) is 12.2 Å². The summed E-state index contributed by atoms with van der Waals surface area (Å²) in [5.74, 6) is 0. The van der Waals surface area contributed by atoms with Gasteiger partial charge >= 0.3 is 0 Å². The highest BCUT2D eigenvalue weighted by molar-refractivity contribution is 6.70. The van der Waals surface area contributed by atoms with Crippen LogP contribution in [0.3, 0.4) is 0 Å². The van der Waals surface area contributed by atoms with Crippen molar-refractivity contribution >= 4 is 16.6 Å². The van der Waals surface area contributed by atoms with Gasteiger partial charge in [0.25, 0.3) is 0 Å². The van der Waals surface area contributed by atoms with E-state index in [9.17, 15) is 0 Å². The van der Waals surface area contributed by atoms with E-state index in [1.807, 2.05) is 0 Å². The molecule has 0 N–H and O–H groups in total. The van der Waals surface area contributed by atoms with Crippen LogP contribution >= 0.6 is 0 Å². The monoisotopic (exact) mass is 260 g/mol. The first-order valence-corrected chi connectivity index (χ1v) is 13.3. The zero-order valence-electron chi connectivity index (χ0n) is 11.8. The maximum Gasteiger partial charge on any atom is 0.184 e. The summed E-state index contributed by atoms with van der Waals surface area (Å²) in [4.78, 5) is 0. The van der Waals surface area contributed by atoms with E-state index in [0.29, 0.717) is 12.2 Å². The van der Waals surface area contributed by atoms with Gasteiger partial charge in [-0.25, -0.2) is 0 Å². The average molecular weight is 261 g/mol. The lowest BCUT2D eigenvalue weighted by molar-refractivity contribution is 0.0602. The van der Waals surface area contributed by atoms with Crippen molar-refractivity contribution in [2.24, 2.45) is 0 Å². The second-order valence-corrected chi connectivity index (χ2v) is 15.8. The molecule has 0 spiro atoms. The van der Waals surface area contributed by atoms with Crippen molar-refractivity contribution in [1.29, 1.82) is 0 Å². The molecule has 1 aliphatic rings. The minimum Gasteiger partial charge on any atom is -0.415 e. The van der Waals surface area contributed by atoms with Crippen molar-refractivity contribution in [2.75, 3.05) is 0 Å². The Kier molecular flexibility index (Phi) is 4.81. The standard InChI is InChI=1S/C12H28O2Si2/c1-15(2,3)13-11-8-7-9-12(10-11)14-16(4,5)6/h11-12H,7-10H2,1-6H3/t11-,12-/m0/s1. The Labute approximate surface area is 103 Å². The molecule has 0 amide bonds. The van der Waals surface area contributed by atoms with Crippen molar-refractivity contribution in [3.63, 3.8) is 0 Å². The fourth-order valence-electron chi connectivity index (χ4n) is 2.32. The maximum absolute atomic E-state index is 6.20. The van der Waals surface area contributed by atoms with Crippen LogP contribution in [0.2, 0.25) is 39.3 Å². The Morgan fingerprint density at radius 3 is 1.44 bits per heavy atom. The number of hydrogen-bond acceptors (Lipinski definition) is 2. The van der Waals surface area contributed by atoms with Crippen molar-refractivity contribution in [2.45, 2.75) is 77.2 Å². The molecule has 0 aromatic rings. The van der Waals surface area contributed by atoms with Crippen LogP contribution in [-0.4, -0.2) is 28.8 Å². The van der Waals surface area contributed by atoms with E-state index in [1.165, 1.54) is 19.3 Å². The average Bonchev–Trinajstić information content (AvgIpc) is 1.96. The van der Waals surface area contributed by atoms with E-state index < -0.39 is 16.6 Å². The summed E-state index contributed by atoms with van der Waals surface area (Å²) >= 11 is 0. The minimum atomic E-state index is -1.38. The van der Waals surface area contributed by atoms with E-state index in [0.717, 1.165) is 6.42 Å². The van der Waals surface area contributed by atoms with Crippen LogP contribution in [-0.2, 0) is 8.85 Å². The van der Waals surface area contributed by atoms with Crippen molar-refractivity contribution < 1.29 is 8.85 Å². The highest BCUT2D eigenvalue weighted by Crippen LogP contribution is 2.27. The van der Waals surface area contributed by atoms with Crippen LogP contribution in [0.1, 0.15) is 25.7 Å². The molecule has 96 valence electrons. The molecule has 0 aliphatic heterocycles. The van der Waals surface area contributed by atoms with Gasteiger partial charge in [0.05, 0.1) is 0 Å². The molecular weight excluding hydrogens is 232 g/mol. The van der Waals surface area contributed by atoms with Gasteiger partial charge in [-0.2, -0.15) is 0 Å². The maximum atomic E-state index is 6.20. The quantitative estimate of drug-likeness (QED) is 0.711. The third kappa shape index (κ3) is 6.18. The van der Waals surface area contributed by atoms with E-state index >= 15 is 0 Å². The first-order chi connectivity index (χ1) is 7.16. The van der Waals surface area contributed by atoms with E-state index in [2.05, 4.69) is 39.3 Å². The smallest absolute Gasteiger partial charge is 0.184 e. The van der Waals surface area contributed by atoms with Gasteiger partial charge in [0.1, 0.15) is 0 Å². The Morgan fingerprint density at radius 1 is 0.750 bits per heavy atom. The fourth-order valence-corrected chi connectivity index (χ4v) is 4.74. The third-order valence-electron chi connectivity index (χ3n) is 2.62. The lowest BCUT2D eigenvalue weighted by Gasteiger charge is -2.36. The summed E-state index contributed by atoms with van der Waals surface area (Å²) < 4.78 is 12.4. The normalized spacial score (nSPS) is 28.1. The van der Waals surface area contributed by atoms with Crippen LogP contribution in [0.15, 0.2) is 0 Å². The fraction of sp³-hybridized carbons (Fsp3) is 1.00. The van der Waals surface area contributed by atoms with Gasteiger partial charge < -0.3 is 8.85 Å². The Hall–Kier alpha value is 0.354. The highest BCUT2D eigenvalue weighted by Gasteiger charge is 2.30. The van der Waals surface area contributed by atoms with Crippen LogP contribution in [0.4, 0.5) is 0 Å². The van der Waals surface area contributed by atoms with Crippen molar-refractivity contribution in [3.8, 4) is 0 Å². The van der Waals surface area contributed by atoms with Gasteiger partial charge in [0.15, 0.2) is 16.6 Å². The molecule has 0 saturated heterocycles. The third-order valence-corrected chi connectivity index (χ3v) is 4.70. The zero-order valence-corrected chi connectivity index (χ0v) is 13.8. The van der Waals surface area contributed by atoms with Gasteiger partial charge in [-0.15, -0.1) is 0 Å². The SMILES string of the molecule is C[Si](C)(C)O[C@H]1CCC[C@H](O[Si](C)(C)C)C1. The lowest BCUT2D eigenvalue weighted by atomic mass is 9.95. The summed E-state index contributed by atoms with van der Waals surface area (Å²) in [6.45, 7) is 13.6. The molecule has 0 heterocycles. The zero-order chi connectivity index (χ0) is 12.4. The summed E-state index contributed by atoms with van der Waals surface area (Å²) in [5, 5.41) is 0. The molecule has 1 saturated carbocycles. The molecule has 2 nitrogen and oxygen atoms in total. The Morgan fingerprint density at radius 2 is 1.12 bits per heavy atom. The second-order valence-electron chi connectivity index (χ2n) is 6.87. The second kappa shape index (κ2) is 5.33. The summed E-state index contributed by atoms with van der Waals surface area (Å²) in [5.41, 5.74) is 0. The van der Waals surface area contributed by atoms with E-state index in [4.69, 9.17) is 8.85 Å².